The van der Waals surface area contributed by atoms with Crippen LogP contribution in [0.4, 0.5) is 0 Å². The summed E-state index contributed by atoms with van der Waals surface area (Å²) < 4.78 is 44.5. The number of hydrogen-bond donors (Lipinski definition) is 1. The van der Waals surface area contributed by atoms with E-state index in [4.69, 9.17) is 8.22 Å². The van der Waals surface area contributed by atoms with Gasteiger partial charge in [0.1, 0.15) is 0 Å². The van der Waals surface area contributed by atoms with Crippen molar-refractivity contribution >= 4 is 5.91 Å². The van der Waals surface area contributed by atoms with Gasteiger partial charge >= 0.3 is 0 Å². The SMILES string of the molecule is [2H]C([2H])([2H])C(C)C([2H])([2H])[C@]([2H])(C)NC(C)=O. The predicted octanol–water partition coefficient (Wildman–Crippen LogP) is 1.56. The van der Waals surface area contributed by atoms with Gasteiger partial charge in [0.05, 0.1) is 1.37 Å². The van der Waals surface area contributed by atoms with E-state index >= 15 is 0 Å². The highest BCUT2D eigenvalue weighted by Gasteiger charge is 2.04. The third-order valence-electron chi connectivity index (χ3n) is 0.797. The molecule has 0 fully saturated rings. The van der Waals surface area contributed by atoms with Crippen molar-refractivity contribution in [1.82, 2.24) is 5.32 Å². The van der Waals surface area contributed by atoms with E-state index in [-0.39, 0.29) is 0 Å². The lowest BCUT2D eigenvalue weighted by molar-refractivity contribution is -0.119. The number of hydrogen-bond acceptors (Lipinski definition) is 1. The smallest absolute Gasteiger partial charge is 0.217 e. The zero-order valence-corrected chi connectivity index (χ0v) is 6.49. The van der Waals surface area contributed by atoms with Gasteiger partial charge in [-0.1, -0.05) is 13.8 Å². The minimum Gasteiger partial charge on any atom is -0.354 e. The number of carbonyl (C=O) groups excluding carboxylic acids is 1. The largest absolute Gasteiger partial charge is 0.354 e. The molecule has 0 bridgehead atoms. The Hall–Kier alpha value is -0.530. The van der Waals surface area contributed by atoms with E-state index in [1.807, 2.05) is 0 Å². The molecular weight excluding hydrogens is 126 g/mol. The minimum absolute atomic E-state index is 0.570. The van der Waals surface area contributed by atoms with Crippen LogP contribution in [0, 0.1) is 5.92 Å². The highest BCUT2D eigenvalue weighted by Crippen LogP contribution is 2.02. The van der Waals surface area contributed by atoms with Gasteiger partial charge in [0, 0.05) is 19.8 Å². The first kappa shape index (κ1) is 3.24. The van der Waals surface area contributed by atoms with Crippen LogP contribution in [0.25, 0.3) is 0 Å². The van der Waals surface area contributed by atoms with Crippen LogP contribution in [0.3, 0.4) is 0 Å². The average molecular weight is 149 g/mol. The van der Waals surface area contributed by atoms with Crippen molar-refractivity contribution in [2.75, 3.05) is 0 Å². The topological polar surface area (TPSA) is 29.1 Å². The van der Waals surface area contributed by atoms with Crippen molar-refractivity contribution in [3.8, 4) is 0 Å². The van der Waals surface area contributed by atoms with Crippen molar-refractivity contribution in [2.24, 2.45) is 5.92 Å². The molecule has 0 saturated carbocycles. The molecule has 0 saturated heterocycles. The van der Waals surface area contributed by atoms with Gasteiger partial charge in [0.15, 0.2) is 0 Å². The molecule has 2 atom stereocenters. The molecule has 10 heavy (non-hydrogen) atoms. The lowest BCUT2D eigenvalue weighted by Crippen LogP contribution is -2.31. The van der Waals surface area contributed by atoms with Crippen LogP contribution in [0.5, 0.6) is 0 Å². The predicted molar refractivity (Wildman–Crippen MR) is 42.7 cm³/mol. The summed E-state index contributed by atoms with van der Waals surface area (Å²) in [5, 5.41) is 2.12. The van der Waals surface area contributed by atoms with Gasteiger partial charge in [0.2, 0.25) is 5.91 Å². The van der Waals surface area contributed by atoms with Crippen LogP contribution in [0.2, 0.25) is 0 Å². The molecule has 0 aliphatic carbocycles. The van der Waals surface area contributed by atoms with Gasteiger partial charge in [0.25, 0.3) is 0 Å². The molecule has 2 nitrogen and oxygen atoms in total. The zero-order valence-electron chi connectivity index (χ0n) is 12.5. The second-order valence-corrected chi connectivity index (χ2v) is 2.17. The molecule has 1 unspecified atom stereocenters. The molecule has 0 aromatic carbocycles. The molecule has 2 heteroatoms. The fourth-order valence-corrected chi connectivity index (χ4v) is 0.625. The molecule has 0 radical (unpaired) electrons. The molecule has 60 valence electrons. The Balaban J connectivity index is 5.10. The molecule has 0 aromatic rings. The maximum Gasteiger partial charge on any atom is 0.217 e. The summed E-state index contributed by atoms with van der Waals surface area (Å²) >= 11 is 0. The van der Waals surface area contributed by atoms with Gasteiger partial charge in [-0.15, -0.1) is 0 Å². The van der Waals surface area contributed by atoms with Crippen LogP contribution >= 0.6 is 0 Å². The summed E-state index contributed by atoms with van der Waals surface area (Å²) in [5.41, 5.74) is 0. The van der Waals surface area contributed by atoms with E-state index in [2.05, 4.69) is 5.32 Å². The third-order valence-corrected chi connectivity index (χ3v) is 0.797. The Morgan fingerprint density at radius 2 is 2.50 bits per heavy atom. The van der Waals surface area contributed by atoms with Gasteiger partial charge in [-0.05, 0) is 19.2 Å². The summed E-state index contributed by atoms with van der Waals surface area (Å²) in [6.07, 6.45) is -2.36. The fraction of sp³-hybridized carbons (Fsp3) is 0.875. The lowest BCUT2D eigenvalue weighted by atomic mass is 10.1. The first-order valence-corrected chi connectivity index (χ1v) is 3.11. The summed E-state index contributed by atoms with van der Waals surface area (Å²) in [6, 6.07) is -1.98. The van der Waals surface area contributed by atoms with Gasteiger partial charge in [-0.3, -0.25) is 4.79 Å². The highest BCUT2D eigenvalue weighted by molar-refractivity contribution is 5.73. The van der Waals surface area contributed by atoms with E-state index in [0.29, 0.717) is 0 Å². The van der Waals surface area contributed by atoms with Crippen LogP contribution in [0.1, 0.15) is 42.2 Å². The van der Waals surface area contributed by atoms with Crippen molar-refractivity contribution in [1.29, 1.82) is 0 Å². The van der Waals surface area contributed by atoms with Crippen molar-refractivity contribution < 1.29 is 13.0 Å². The molecule has 1 N–H and O–H groups in total. The maximum atomic E-state index is 10.8. The average Bonchev–Trinajstić information content (AvgIpc) is 1.98. The van der Waals surface area contributed by atoms with E-state index in [1.165, 1.54) is 6.92 Å². The summed E-state index contributed by atoms with van der Waals surface area (Å²) in [6.45, 7) is 1.01. The first-order chi connectivity index (χ1) is 6.82. The van der Waals surface area contributed by atoms with Crippen molar-refractivity contribution in [2.45, 2.75) is 40.0 Å². The molecule has 0 rings (SSSR count). The monoisotopic (exact) mass is 149 g/mol. The van der Waals surface area contributed by atoms with E-state index in [1.54, 1.807) is 0 Å². The van der Waals surface area contributed by atoms with Crippen LogP contribution in [0.15, 0.2) is 0 Å². The second kappa shape index (κ2) is 4.31. The van der Waals surface area contributed by atoms with Crippen LogP contribution in [-0.4, -0.2) is 11.9 Å². The van der Waals surface area contributed by atoms with Crippen molar-refractivity contribution in [3.63, 3.8) is 0 Å². The quantitative estimate of drug-likeness (QED) is 0.648. The van der Waals surface area contributed by atoms with Crippen molar-refractivity contribution in [3.05, 3.63) is 0 Å². The normalized spacial score (nSPS) is 30.7. The Kier molecular flexibility index (Phi) is 1.40. The van der Waals surface area contributed by atoms with Gasteiger partial charge in [-0.25, -0.2) is 0 Å². The number of rotatable bonds is 3. The summed E-state index contributed by atoms with van der Waals surface area (Å²) in [4.78, 5) is 10.8. The van der Waals surface area contributed by atoms with E-state index < -0.39 is 31.1 Å². The molecule has 0 heterocycles. The molecule has 0 aliphatic heterocycles. The molecule has 0 aliphatic rings. The number of carbonyl (C=O) groups is 1. The van der Waals surface area contributed by atoms with Crippen LogP contribution in [-0.2, 0) is 4.79 Å². The van der Waals surface area contributed by atoms with E-state index in [0.717, 1.165) is 13.8 Å². The molecule has 0 spiro atoms. The second-order valence-electron chi connectivity index (χ2n) is 2.17. The Bertz CT molecular complexity index is 272. The lowest BCUT2D eigenvalue weighted by Gasteiger charge is -2.13. The summed E-state index contributed by atoms with van der Waals surface area (Å²) in [5.74, 6) is -1.92. The Morgan fingerprint density at radius 1 is 1.90 bits per heavy atom. The highest BCUT2D eigenvalue weighted by atomic mass is 16.1. The van der Waals surface area contributed by atoms with Gasteiger partial charge in [-0.2, -0.15) is 0 Å². The Morgan fingerprint density at radius 3 is 2.90 bits per heavy atom. The third kappa shape index (κ3) is 5.60. The first-order valence-electron chi connectivity index (χ1n) is 6.11. The van der Waals surface area contributed by atoms with Gasteiger partial charge < -0.3 is 5.32 Å². The molecule has 0 aromatic heterocycles. The minimum atomic E-state index is -2.51. The zero-order chi connectivity index (χ0) is 13.4. The number of amides is 1. The fourth-order valence-electron chi connectivity index (χ4n) is 0.625. The molecule has 1 amide bonds. The van der Waals surface area contributed by atoms with Crippen LogP contribution < -0.4 is 5.32 Å². The molecular formula is C8H17NO. The Labute approximate surface area is 71.4 Å². The maximum absolute atomic E-state index is 10.8. The standard InChI is InChI=1S/C8H17NO/c1-6(2)5-7(3)9-8(4)10/h6-7H,5H2,1-4H3,(H,9,10)/t7-/m0/s1/i1D3,5D2,7D/t6?,7-. The number of nitrogens with one attached hydrogen (secondary N) is 1. The van der Waals surface area contributed by atoms with E-state index in [9.17, 15) is 4.79 Å². The summed E-state index contributed by atoms with van der Waals surface area (Å²) in [7, 11) is 0.